The maximum absolute atomic E-state index is 13.3. The van der Waals surface area contributed by atoms with Crippen molar-refractivity contribution in [3.8, 4) is 0 Å². The lowest BCUT2D eigenvalue weighted by Crippen LogP contribution is -2.47. The van der Waals surface area contributed by atoms with E-state index in [4.69, 9.17) is 10.7 Å². The van der Waals surface area contributed by atoms with Gasteiger partial charge in [0.25, 0.3) is 17.1 Å². The monoisotopic (exact) mass is 394 g/mol. The molecule has 3 aromatic rings. The van der Waals surface area contributed by atoms with Gasteiger partial charge in [0.15, 0.2) is 0 Å². The summed E-state index contributed by atoms with van der Waals surface area (Å²) in [6.45, 7) is 5.74. The van der Waals surface area contributed by atoms with Crippen LogP contribution in [0.5, 0.6) is 0 Å². The smallest absolute Gasteiger partial charge is 0.278 e. The lowest BCUT2D eigenvalue weighted by molar-refractivity contribution is -0.689. The first-order valence-corrected chi connectivity index (χ1v) is 10.3. The van der Waals surface area contributed by atoms with Crippen LogP contribution in [-0.4, -0.2) is 21.3 Å². The van der Waals surface area contributed by atoms with Gasteiger partial charge < -0.3 is 11.1 Å². The van der Waals surface area contributed by atoms with E-state index in [1.165, 1.54) is 6.42 Å². The predicted octanol–water partition coefficient (Wildman–Crippen LogP) is 2.67. The number of carbonyl (C=O) groups is 1. The van der Waals surface area contributed by atoms with Gasteiger partial charge >= 0.3 is 0 Å². The van der Waals surface area contributed by atoms with Crippen LogP contribution in [0.25, 0.3) is 16.7 Å². The Kier molecular flexibility index (Phi) is 4.98. The summed E-state index contributed by atoms with van der Waals surface area (Å²) < 4.78 is 3.49. The average Bonchev–Trinajstić information content (AvgIpc) is 2.69. The van der Waals surface area contributed by atoms with E-state index in [1.54, 1.807) is 16.7 Å². The summed E-state index contributed by atoms with van der Waals surface area (Å²) in [7, 11) is 0. The normalized spacial score (nSPS) is 15.3. The Hall–Kier alpha value is -2.96. The number of nitrogen functional groups attached to an aromatic ring is 1. The number of anilines is 1. The van der Waals surface area contributed by atoms with Crippen LogP contribution in [0.1, 0.15) is 67.9 Å². The Morgan fingerprint density at radius 2 is 2.03 bits per heavy atom. The number of aromatic nitrogens is 3. The van der Waals surface area contributed by atoms with Gasteiger partial charge in [0, 0.05) is 17.8 Å². The molecule has 0 saturated heterocycles. The summed E-state index contributed by atoms with van der Waals surface area (Å²) in [5.41, 5.74) is 8.80. The molecule has 0 unspecified atom stereocenters. The SMILES string of the molecule is Cc1cccn2c(=O)c3cc(C(=O)NC(C)C)c(N)[n+](C4CCCCC4)c3nc12. The molecule has 1 aliphatic rings. The van der Waals surface area contributed by atoms with E-state index in [9.17, 15) is 9.59 Å². The lowest BCUT2D eigenvalue weighted by atomic mass is 9.94. The predicted molar refractivity (Wildman–Crippen MR) is 113 cm³/mol. The minimum atomic E-state index is -0.266. The van der Waals surface area contributed by atoms with Crippen molar-refractivity contribution in [2.24, 2.45) is 0 Å². The number of pyridine rings is 2. The van der Waals surface area contributed by atoms with E-state index in [1.807, 2.05) is 37.5 Å². The molecule has 152 valence electrons. The van der Waals surface area contributed by atoms with Gasteiger partial charge in [-0.15, -0.1) is 0 Å². The number of rotatable bonds is 3. The first-order valence-electron chi connectivity index (χ1n) is 10.3. The molecule has 1 fully saturated rings. The largest absolute Gasteiger partial charge is 0.350 e. The Bertz CT molecular complexity index is 1160. The van der Waals surface area contributed by atoms with Gasteiger partial charge in [0.1, 0.15) is 10.9 Å². The molecule has 0 spiro atoms. The molecule has 3 heterocycles. The van der Waals surface area contributed by atoms with Crippen LogP contribution in [-0.2, 0) is 0 Å². The number of aryl methyl sites for hydroxylation is 1. The summed E-state index contributed by atoms with van der Waals surface area (Å²) >= 11 is 0. The molecule has 7 heteroatoms. The topological polar surface area (TPSA) is 93.4 Å². The van der Waals surface area contributed by atoms with Crippen molar-refractivity contribution in [3.63, 3.8) is 0 Å². The number of fused-ring (bicyclic) bond motifs is 2. The Labute approximate surface area is 169 Å². The average molecular weight is 394 g/mol. The summed E-state index contributed by atoms with van der Waals surface area (Å²) in [6.07, 6.45) is 7.05. The molecular weight excluding hydrogens is 366 g/mol. The summed E-state index contributed by atoms with van der Waals surface area (Å²) in [6, 6.07) is 5.48. The molecular formula is C22H28N5O2+. The zero-order chi connectivity index (χ0) is 20.7. The highest BCUT2D eigenvalue weighted by atomic mass is 16.2. The van der Waals surface area contributed by atoms with Crippen LogP contribution in [0.15, 0.2) is 29.2 Å². The third-order valence-electron chi connectivity index (χ3n) is 5.72. The molecule has 0 aromatic carbocycles. The number of nitrogens with two attached hydrogens (primary N) is 1. The molecule has 3 aromatic heterocycles. The number of nitrogens with zero attached hydrogens (tertiary/aromatic N) is 3. The van der Waals surface area contributed by atoms with Crippen LogP contribution in [0.4, 0.5) is 5.82 Å². The second-order valence-corrected chi connectivity index (χ2v) is 8.27. The molecule has 0 bridgehead atoms. The van der Waals surface area contributed by atoms with Crippen molar-refractivity contribution in [3.05, 3.63) is 45.9 Å². The Morgan fingerprint density at radius 3 is 2.72 bits per heavy atom. The maximum Gasteiger partial charge on any atom is 0.278 e. The standard InChI is InChI=1S/C22H27N5O2/c1-13(2)24-21(28)16-12-17-20(27(18(16)23)15-9-5-4-6-10-15)25-19-14(3)8-7-11-26(19)22(17)29/h7-8,11-13,15,23H,4-6,9-10H2,1-3H3,(H,24,28)/p+1. The van der Waals surface area contributed by atoms with Crippen LogP contribution in [0.2, 0.25) is 0 Å². The van der Waals surface area contributed by atoms with Gasteiger partial charge in [-0.1, -0.05) is 17.5 Å². The molecule has 0 radical (unpaired) electrons. The minimum Gasteiger partial charge on any atom is -0.350 e. The number of hydrogen-bond donors (Lipinski definition) is 2. The minimum absolute atomic E-state index is 0.0285. The lowest BCUT2D eigenvalue weighted by Gasteiger charge is -2.24. The second-order valence-electron chi connectivity index (χ2n) is 8.27. The van der Waals surface area contributed by atoms with E-state index in [2.05, 4.69) is 5.32 Å². The molecule has 7 nitrogen and oxygen atoms in total. The van der Waals surface area contributed by atoms with E-state index in [-0.39, 0.29) is 23.6 Å². The molecule has 4 rings (SSSR count). The Morgan fingerprint density at radius 1 is 1.31 bits per heavy atom. The highest BCUT2D eigenvalue weighted by Crippen LogP contribution is 2.27. The van der Waals surface area contributed by atoms with Crippen molar-refractivity contribution in [1.29, 1.82) is 0 Å². The fourth-order valence-corrected chi connectivity index (χ4v) is 4.30. The number of hydrogen-bond acceptors (Lipinski definition) is 4. The van der Waals surface area contributed by atoms with Crippen LogP contribution in [0.3, 0.4) is 0 Å². The molecule has 0 aliphatic heterocycles. The van der Waals surface area contributed by atoms with Crippen molar-refractivity contribution in [1.82, 2.24) is 14.7 Å². The number of amides is 1. The molecule has 0 atom stereocenters. The molecule has 1 aliphatic carbocycles. The third kappa shape index (κ3) is 3.34. The van der Waals surface area contributed by atoms with Gasteiger partial charge in [0.2, 0.25) is 11.5 Å². The molecule has 1 amide bonds. The third-order valence-corrected chi connectivity index (χ3v) is 5.72. The number of nitrogens with one attached hydrogen (secondary N) is 1. The van der Waals surface area contributed by atoms with E-state index in [0.717, 1.165) is 31.2 Å². The van der Waals surface area contributed by atoms with Gasteiger partial charge in [0.05, 0.1) is 6.04 Å². The zero-order valence-electron chi connectivity index (χ0n) is 17.2. The Balaban J connectivity index is 2.08. The van der Waals surface area contributed by atoms with Gasteiger partial charge in [-0.05, 0) is 58.6 Å². The summed E-state index contributed by atoms with van der Waals surface area (Å²) in [5.74, 6) is 0.116. The highest BCUT2D eigenvalue weighted by Gasteiger charge is 2.30. The first-order chi connectivity index (χ1) is 13.9. The fraction of sp³-hybridized carbons (Fsp3) is 0.455. The van der Waals surface area contributed by atoms with Crippen LogP contribution >= 0.6 is 0 Å². The van der Waals surface area contributed by atoms with Crippen molar-refractivity contribution in [2.75, 3.05) is 5.73 Å². The molecule has 3 N–H and O–H groups in total. The quantitative estimate of drug-likeness (QED) is 0.528. The molecule has 29 heavy (non-hydrogen) atoms. The van der Waals surface area contributed by atoms with Crippen molar-refractivity contribution in [2.45, 2.75) is 65.0 Å². The highest BCUT2D eigenvalue weighted by molar-refractivity contribution is 6.00. The van der Waals surface area contributed by atoms with Gasteiger partial charge in [-0.3, -0.25) is 14.0 Å². The van der Waals surface area contributed by atoms with Crippen LogP contribution < -0.4 is 21.2 Å². The second kappa shape index (κ2) is 7.46. The fourth-order valence-electron chi connectivity index (χ4n) is 4.30. The van der Waals surface area contributed by atoms with Crippen molar-refractivity contribution < 1.29 is 9.36 Å². The number of carbonyl (C=O) groups excluding carboxylic acids is 1. The van der Waals surface area contributed by atoms with Gasteiger partial charge in [-0.2, -0.15) is 0 Å². The molecule has 1 saturated carbocycles. The van der Waals surface area contributed by atoms with Crippen molar-refractivity contribution >= 4 is 28.4 Å². The maximum atomic E-state index is 13.3. The zero-order valence-corrected chi connectivity index (χ0v) is 17.2. The summed E-state index contributed by atoms with van der Waals surface area (Å²) in [5, 5.41) is 3.32. The first kappa shape index (κ1) is 19.4. The van der Waals surface area contributed by atoms with Crippen LogP contribution in [0, 0.1) is 6.92 Å². The van der Waals surface area contributed by atoms with Gasteiger partial charge in [-0.25, -0.2) is 4.57 Å². The van der Waals surface area contributed by atoms with E-state index >= 15 is 0 Å². The van der Waals surface area contributed by atoms with E-state index < -0.39 is 0 Å². The van der Waals surface area contributed by atoms with E-state index in [0.29, 0.717) is 28.1 Å². The summed E-state index contributed by atoms with van der Waals surface area (Å²) in [4.78, 5) is 31.0.